The van der Waals surface area contributed by atoms with Crippen LogP contribution in [0.15, 0.2) is 24.3 Å². The van der Waals surface area contributed by atoms with E-state index in [9.17, 15) is 30.7 Å². The maximum Gasteiger partial charge on any atom is 0.461 e. The summed E-state index contributed by atoms with van der Waals surface area (Å²) in [5.41, 5.74) is 4.94. The first-order chi connectivity index (χ1) is 9.45. The van der Waals surface area contributed by atoms with E-state index >= 15 is 0 Å². The number of rotatable bonds is 5. The van der Waals surface area contributed by atoms with Crippen LogP contribution in [-0.2, 0) is 0 Å². The lowest BCUT2D eigenvalue weighted by Crippen LogP contribution is -2.38. The van der Waals surface area contributed by atoms with Crippen LogP contribution < -0.4 is 10.5 Å². The second-order valence-corrected chi connectivity index (χ2v) is 4.05. The highest BCUT2D eigenvalue weighted by atomic mass is 19.4. The molecule has 0 aliphatic heterocycles. The molecule has 10 heteroatoms. The molecule has 0 bridgehead atoms. The first-order valence-electron chi connectivity index (χ1n) is 5.40. The van der Waals surface area contributed by atoms with Gasteiger partial charge < -0.3 is 15.6 Å². The summed E-state index contributed by atoms with van der Waals surface area (Å²) in [6, 6.07) is 1.35. The zero-order valence-corrected chi connectivity index (χ0v) is 10.1. The molecule has 0 aliphatic carbocycles. The van der Waals surface area contributed by atoms with Crippen molar-refractivity contribution in [2.45, 2.75) is 30.9 Å². The van der Waals surface area contributed by atoms with E-state index < -0.39 is 36.6 Å². The first-order valence-corrected chi connectivity index (χ1v) is 5.40. The van der Waals surface area contributed by atoms with Gasteiger partial charge in [0.25, 0.3) is 0 Å². The highest BCUT2D eigenvalue weighted by Gasteiger charge is 2.44. The van der Waals surface area contributed by atoms with Gasteiger partial charge in [-0.25, -0.2) is 0 Å². The summed E-state index contributed by atoms with van der Waals surface area (Å²) in [6.07, 6.45) is -16.6. The number of aliphatic hydroxyl groups is 1. The molecule has 0 aromatic heterocycles. The SMILES string of the molecule is N[C@H](c1ccc(OC(F)(F)C(F)F)cc1)[C@@H](O)C(F)(F)F. The van der Waals surface area contributed by atoms with Crippen LogP contribution in [0.2, 0.25) is 0 Å². The van der Waals surface area contributed by atoms with Gasteiger partial charge in [0.05, 0.1) is 6.04 Å². The number of nitrogens with two attached hydrogens (primary N) is 1. The van der Waals surface area contributed by atoms with E-state index in [4.69, 9.17) is 10.8 Å². The van der Waals surface area contributed by atoms with Gasteiger partial charge >= 0.3 is 18.7 Å². The van der Waals surface area contributed by atoms with E-state index in [2.05, 4.69) is 4.74 Å². The number of halogens is 7. The minimum absolute atomic E-state index is 0.229. The molecule has 0 unspecified atom stereocenters. The third kappa shape index (κ3) is 4.46. The molecule has 0 radical (unpaired) electrons. The Bertz CT molecular complexity index is 461. The average Bonchev–Trinajstić information content (AvgIpc) is 2.36. The molecule has 0 saturated carbocycles. The fourth-order valence-electron chi connectivity index (χ4n) is 1.35. The van der Waals surface area contributed by atoms with E-state index in [0.717, 1.165) is 24.3 Å². The second kappa shape index (κ2) is 6.06. The van der Waals surface area contributed by atoms with Crippen molar-refractivity contribution >= 4 is 0 Å². The van der Waals surface area contributed by atoms with Crippen molar-refractivity contribution in [3.63, 3.8) is 0 Å². The average molecular weight is 321 g/mol. The van der Waals surface area contributed by atoms with Crippen molar-refractivity contribution in [2.24, 2.45) is 5.73 Å². The summed E-state index contributed by atoms with van der Waals surface area (Å²) in [6.45, 7) is 0. The van der Waals surface area contributed by atoms with Gasteiger partial charge in [0, 0.05) is 0 Å². The lowest BCUT2D eigenvalue weighted by molar-refractivity contribution is -0.253. The Labute approximate surface area is 114 Å². The third-order valence-electron chi connectivity index (χ3n) is 2.45. The highest BCUT2D eigenvalue weighted by Crippen LogP contribution is 2.31. The Kier molecular flexibility index (Phi) is 5.05. The molecule has 0 saturated heterocycles. The second-order valence-electron chi connectivity index (χ2n) is 4.05. The number of hydrogen-bond donors (Lipinski definition) is 2. The summed E-state index contributed by atoms with van der Waals surface area (Å²) >= 11 is 0. The van der Waals surface area contributed by atoms with Crippen molar-refractivity contribution in [2.75, 3.05) is 0 Å². The monoisotopic (exact) mass is 321 g/mol. The predicted molar refractivity (Wildman–Crippen MR) is 57.0 cm³/mol. The first kappa shape index (κ1) is 17.5. The van der Waals surface area contributed by atoms with Crippen LogP contribution in [0, 0.1) is 0 Å². The van der Waals surface area contributed by atoms with Gasteiger partial charge in [-0.1, -0.05) is 12.1 Å². The topological polar surface area (TPSA) is 55.5 Å². The fourth-order valence-corrected chi connectivity index (χ4v) is 1.35. The van der Waals surface area contributed by atoms with Gasteiger partial charge in [-0.15, -0.1) is 0 Å². The molecule has 2 atom stereocenters. The molecule has 0 heterocycles. The van der Waals surface area contributed by atoms with Crippen molar-refractivity contribution < 1.29 is 40.6 Å². The van der Waals surface area contributed by atoms with Crippen molar-refractivity contribution in [3.8, 4) is 5.75 Å². The van der Waals surface area contributed by atoms with Crippen LogP contribution in [0.5, 0.6) is 5.75 Å². The molecule has 21 heavy (non-hydrogen) atoms. The maximum absolute atomic E-state index is 12.6. The molecule has 3 nitrogen and oxygen atoms in total. The summed E-state index contributed by atoms with van der Waals surface area (Å²) in [5, 5.41) is 8.94. The summed E-state index contributed by atoms with van der Waals surface area (Å²) in [7, 11) is 0. The highest BCUT2D eigenvalue weighted by molar-refractivity contribution is 5.30. The van der Waals surface area contributed by atoms with Crippen LogP contribution >= 0.6 is 0 Å². The van der Waals surface area contributed by atoms with Crippen LogP contribution in [0.4, 0.5) is 30.7 Å². The van der Waals surface area contributed by atoms with Gasteiger partial charge in [-0.05, 0) is 17.7 Å². The Hall–Kier alpha value is -1.55. The molecule has 1 aromatic rings. The van der Waals surface area contributed by atoms with Crippen LogP contribution in [0.1, 0.15) is 11.6 Å². The maximum atomic E-state index is 12.6. The van der Waals surface area contributed by atoms with Crippen LogP contribution in [0.3, 0.4) is 0 Å². The van der Waals surface area contributed by atoms with Crippen molar-refractivity contribution in [3.05, 3.63) is 29.8 Å². The van der Waals surface area contributed by atoms with E-state index in [0.29, 0.717) is 0 Å². The van der Waals surface area contributed by atoms with Crippen molar-refractivity contribution in [1.29, 1.82) is 0 Å². The quantitative estimate of drug-likeness (QED) is 0.820. The molecule has 0 aliphatic rings. The van der Waals surface area contributed by atoms with Crippen molar-refractivity contribution in [1.82, 2.24) is 0 Å². The Morgan fingerprint density at radius 2 is 1.48 bits per heavy atom. The predicted octanol–water partition coefficient (Wildman–Crippen LogP) is 2.85. The fraction of sp³-hybridized carbons (Fsp3) is 0.455. The third-order valence-corrected chi connectivity index (χ3v) is 2.45. The number of benzene rings is 1. The Morgan fingerprint density at radius 1 is 1.00 bits per heavy atom. The Balaban J connectivity index is 2.84. The molecule has 3 N–H and O–H groups in total. The van der Waals surface area contributed by atoms with E-state index in [1.165, 1.54) is 0 Å². The molecular weight excluding hydrogens is 311 g/mol. The van der Waals surface area contributed by atoms with Crippen LogP contribution in [-0.4, -0.2) is 29.9 Å². The van der Waals surface area contributed by atoms with Gasteiger partial charge in [0.15, 0.2) is 6.10 Å². The summed E-state index contributed by atoms with van der Waals surface area (Å²) < 4.78 is 89.4. The largest absolute Gasteiger partial charge is 0.461 e. The lowest BCUT2D eigenvalue weighted by Gasteiger charge is -2.22. The smallest absolute Gasteiger partial charge is 0.428 e. The van der Waals surface area contributed by atoms with Crippen LogP contribution in [0.25, 0.3) is 0 Å². The van der Waals surface area contributed by atoms with E-state index in [1.807, 2.05) is 0 Å². The summed E-state index contributed by atoms with van der Waals surface area (Å²) in [4.78, 5) is 0. The van der Waals surface area contributed by atoms with Gasteiger partial charge in [0.1, 0.15) is 5.75 Å². The summed E-state index contributed by atoms with van der Waals surface area (Å²) in [5.74, 6) is -0.683. The molecule has 1 rings (SSSR count). The minimum Gasteiger partial charge on any atom is -0.428 e. The molecule has 0 spiro atoms. The molecular formula is C11H10F7NO2. The van der Waals surface area contributed by atoms with Gasteiger partial charge in [-0.2, -0.15) is 30.7 Å². The number of aliphatic hydroxyl groups excluding tert-OH is 1. The number of hydrogen-bond acceptors (Lipinski definition) is 3. The zero-order valence-electron chi connectivity index (χ0n) is 10.1. The normalized spacial score (nSPS) is 15.9. The number of alkyl halides is 7. The Morgan fingerprint density at radius 3 is 1.86 bits per heavy atom. The van der Waals surface area contributed by atoms with E-state index in [-0.39, 0.29) is 5.56 Å². The number of ether oxygens (including phenoxy) is 1. The molecule has 0 fully saturated rings. The zero-order chi connectivity index (χ0) is 16.4. The van der Waals surface area contributed by atoms with Gasteiger partial charge in [0.2, 0.25) is 0 Å². The minimum atomic E-state index is -4.96. The lowest BCUT2D eigenvalue weighted by atomic mass is 10.0. The van der Waals surface area contributed by atoms with E-state index in [1.54, 1.807) is 0 Å². The van der Waals surface area contributed by atoms with Gasteiger partial charge in [-0.3, -0.25) is 0 Å². The standard InChI is InChI=1S/C11H10F7NO2/c12-9(13)11(17,18)21-6-3-1-5(2-4-6)7(19)8(20)10(14,15)16/h1-4,7-9,20H,19H2/t7-,8-/m1/s1. The molecule has 120 valence electrons. The molecule has 1 aromatic carbocycles. The molecule has 0 amide bonds.